The van der Waals surface area contributed by atoms with Gasteiger partial charge in [0.1, 0.15) is 6.04 Å². The van der Waals surface area contributed by atoms with Gasteiger partial charge in [0.2, 0.25) is 17.7 Å². The van der Waals surface area contributed by atoms with Crippen molar-refractivity contribution in [2.75, 3.05) is 11.9 Å². The topological polar surface area (TPSA) is 90.5 Å². The molecule has 2 rings (SSSR count). The van der Waals surface area contributed by atoms with Gasteiger partial charge in [-0.2, -0.15) is 12.6 Å². The van der Waals surface area contributed by atoms with Gasteiger partial charge >= 0.3 is 0 Å². The first-order valence-corrected chi connectivity index (χ1v) is 11.9. The van der Waals surface area contributed by atoms with Crippen LogP contribution in [-0.2, 0) is 20.8 Å². The molecule has 0 saturated carbocycles. The van der Waals surface area contributed by atoms with Crippen LogP contribution >= 0.6 is 12.6 Å². The van der Waals surface area contributed by atoms with E-state index in [4.69, 9.17) is 0 Å². The molecule has 7 nitrogen and oxygen atoms in total. The van der Waals surface area contributed by atoms with Gasteiger partial charge in [-0.05, 0) is 37.0 Å². The summed E-state index contributed by atoms with van der Waals surface area (Å²) in [6, 6.07) is 7.29. The van der Waals surface area contributed by atoms with E-state index in [2.05, 4.69) is 60.8 Å². The molecule has 0 spiro atoms. The number of imide groups is 1. The molecular weight excluding hydrogens is 436 g/mol. The highest BCUT2D eigenvalue weighted by Crippen LogP contribution is 2.19. The molecular formula is C25H36N4O3S. The zero-order chi connectivity index (χ0) is 24.7. The summed E-state index contributed by atoms with van der Waals surface area (Å²) in [5.41, 5.74) is 3.44. The molecule has 2 unspecified atom stereocenters. The van der Waals surface area contributed by atoms with Crippen molar-refractivity contribution in [3.8, 4) is 0 Å². The van der Waals surface area contributed by atoms with E-state index in [9.17, 15) is 14.4 Å². The van der Waals surface area contributed by atoms with Crippen LogP contribution in [0, 0.1) is 5.92 Å². The summed E-state index contributed by atoms with van der Waals surface area (Å²) in [6.45, 7) is 16.1. The largest absolute Gasteiger partial charge is 0.377 e. The summed E-state index contributed by atoms with van der Waals surface area (Å²) < 4.78 is 0. The van der Waals surface area contributed by atoms with Gasteiger partial charge in [-0.3, -0.25) is 19.3 Å². The lowest BCUT2D eigenvalue weighted by atomic mass is 10.0. The van der Waals surface area contributed by atoms with Gasteiger partial charge in [-0.1, -0.05) is 46.1 Å². The highest BCUT2D eigenvalue weighted by molar-refractivity contribution is 7.81. The van der Waals surface area contributed by atoms with E-state index in [1.54, 1.807) is 0 Å². The first kappa shape index (κ1) is 26.5. The van der Waals surface area contributed by atoms with Gasteiger partial charge in [0.25, 0.3) is 0 Å². The van der Waals surface area contributed by atoms with Gasteiger partial charge in [0.05, 0.1) is 11.3 Å². The highest BCUT2D eigenvalue weighted by atomic mass is 32.1. The Balaban J connectivity index is 1.88. The lowest BCUT2D eigenvalue weighted by molar-refractivity contribution is -0.138. The van der Waals surface area contributed by atoms with E-state index >= 15 is 0 Å². The quantitative estimate of drug-likeness (QED) is 0.277. The molecule has 1 fully saturated rings. The van der Waals surface area contributed by atoms with E-state index < -0.39 is 11.3 Å². The van der Waals surface area contributed by atoms with Gasteiger partial charge in [-0.15, -0.1) is 0 Å². The average Bonchev–Trinajstić information content (AvgIpc) is 3.01. The number of carbonyl (C=O) groups excluding carboxylic acids is 3. The third kappa shape index (κ3) is 7.39. The van der Waals surface area contributed by atoms with Crippen LogP contribution in [0.2, 0.25) is 0 Å². The standard InChI is InChI=1S/C25H36N4O3S/c1-7-19-8-10-20(11-9-19)27-17(5)18(6)28-24(31)23(15(2)3)26-16(4)12-13-29-22(30)14-21(33)25(29)32/h8-11,15,18,21,23,26-27,33H,4-5,7,12-14H2,1-3,6H3,(H,28,31)/t18-,21?,23?/m0/s1. The number of nitrogens with one attached hydrogen (secondary N) is 3. The normalized spacial score (nSPS) is 17.6. The third-order valence-electron chi connectivity index (χ3n) is 5.71. The predicted molar refractivity (Wildman–Crippen MR) is 136 cm³/mol. The summed E-state index contributed by atoms with van der Waals surface area (Å²) >= 11 is 4.13. The summed E-state index contributed by atoms with van der Waals surface area (Å²) in [5, 5.41) is 8.83. The van der Waals surface area contributed by atoms with Crippen molar-refractivity contribution in [2.24, 2.45) is 5.92 Å². The Morgan fingerprint density at radius 1 is 1.15 bits per heavy atom. The molecule has 1 aliphatic heterocycles. The van der Waals surface area contributed by atoms with Crippen molar-refractivity contribution in [1.29, 1.82) is 0 Å². The second kappa shape index (κ2) is 11.9. The van der Waals surface area contributed by atoms with E-state index in [1.165, 1.54) is 10.5 Å². The number of hydrogen-bond donors (Lipinski definition) is 4. The lowest BCUT2D eigenvalue weighted by Gasteiger charge is -2.27. The number of anilines is 1. The van der Waals surface area contributed by atoms with E-state index in [0.717, 1.165) is 12.1 Å². The molecule has 1 aliphatic rings. The van der Waals surface area contributed by atoms with E-state index in [0.29, 0.717) is 17.8 Å². The molecule has 3 N–H and O–H groups in total. The number of hydrogen-bond acceptors (Lipinski definition) is 6. The molecule has 1 aromatic carbocycles. The first-order chi connectivity index (χ1) is 15.5. The van der Waals surface area contributed by atoms with Crippen LogP contribution in [0.25, 0.3) is 0 Å². The fraction of sp³-hybridized carbons (Fsp3) is 0.480. The zero-order valence-corrected chi connectivity index (χ0v) is 20.9. The average molecular weight is 473 g/mol. The monoisotopic (exact) mass is 472 g/mol. The fourth-order valence-electron chi connectivity index (χ4n) is 3.48. The Kier molecular flexibility index (Phi) is 9.58. The van der Waals surface area contributed by atoms with Crippen molar-refractivity contribution in [3.63, 3.8) is 0 Å². The number of rotatable bonds is 12. The number of carbonyl (C=O) groups is 3. The van der Waals surface area contributed by atoms with Crippen molar-refractivity contribution >= 4 is 36.0 Å². The van der Waals surface area contributed by atoms with Crippen LogP contribution in [0.15, 0.2) is 48.8 Å². The number of thiol groups is 1. The van der Waals surface area contributed by atoms with Crippen LogP contribution < -0.4 is 16.0 Å². The van der Waals surface area contributed by atoms with Crippen molar-refractivity contribution in [1.82, 2.24) is 15.5 Å². The number of amides is 3. The Labute approximate surface area is 202 Å². The summed E-state index contributed by atoms with van der Waals surface area (Å²) in [5.74, 6) is -0.686. The van der Waals surface area contributed by atoms with E-state index in [-0.39, 0.29) is 42.6 Å². The van der Waals surface area contributed by atoms with Crippen LogP contribution in [0.4, 0.5) is 5.69 Å². The van der Waals surface area contributed by atoms with Crippen molar-refractivity contribution in [3.05, 3.63) is 54.4 Å². The molecule has 33 heavy (non-hydrogen) atoms. The molecule has 0 radical (unpaired) electrons. The highest BCUT2D eigenvalue weighted by Gasteiger charge is 2.36. The predicted octanol–water partition coefficient (Wildman–Crippen LogP) is 3.25. The Hall–Kier alpha value is -2.74. The van der Waals surface area contributed by atoms with E-state index in [1.807, 2.05) is 32.9 Å². The fourth-order valence-corrected chi connectivity index (χ4v) is 3.78. The van der Waals surface area contributed by atoms with Gasteiger partial charge in [-0.25, -0.2) is 0 Å². The molecule has 1 aromatic rings. The maximum Gasteiger partial charge on any atom is 0.243 e. The second-order valence-electron chi connectivity index (χ2n) is 8.75. The number of nitrogens with zero attached hydrogens (tertiary/aromatic N) is 1. The second-order valence-corrected chi connectivity index (χ2v) is 9.38. The van der Waals surface area contributed by atoms with Crippen LogP contribution in [0.3, 0.4) is 0 Å². The van der Waals surface area contributed by atoms with Crippen LogP contribution in [0.5, 0.6) is 0 Å². The number of aryl methyl sites for hydroxylation is 1. The molecule has 180 valence electrons. The molecule has 8 heteroatoms. The Morgan fingerprint density at radius 3 is 2.30 bits per heavy atom. The van der Waals surface area contributed by atoms with Gasteiger partial charge in [0.15, 0.2) is 0 Å². The minimum atomic E-state index is -0.569. The van der Waals surface area contributed by atoms with Crippen LogP contribution in [-0.4, -0.2) is 46.5 Å². The molecule has 0 aromatic heterocycles. The minimum absolute atomic E-state index is 0.00589. The molecule has 0 aliphatic carbocycles. The van der Waals surface area contributed by atoms with Gasteiger partial charge in [0, 0.05) is 36.5 Å². The number of likely N-dealkylation sites (tertiary alicyclic amines) is 1. The minimum Gasteiger partial charge on any atom is -0.377 e. The third-order valence-corrected chi connectivity index (χ3v) is 6.12. The Bertz CT molecular complexity index is 897. The molecule has 3 atom stereocenters. The van der Waals surface area contributed by atoms with Crippen molar-refractivity contribution < 1.29 is 14.4 Å². The van der Waals surface area contributed by atoms with Crippen LogP contribution in [0.1, 0.15) is 46.1 Å². The number of benzene rings is 1. The Morgan fingerprint density at radius 2 is 1.79 bits per heavy atom. The molecule has 1 saturated heterocycles. The lowest BCUT2D eigenvalue weighted by Crippen LogP contribution is -2.50. The first-order valence-electron chi connectivity index (χ1n) is 11.3. The smallest absolute Gasteiger partial charge is 0.243 e. The zero-order valence-electron chi connectivity index (χ0n) is 20.0. The summed E-state index contributed by atoms with van der Waals surface area (Å²) in [7, 11) is 0. The van der Waals surface area contributed by atoms with Crippen molar-refractivity contribution in [2.45, 2.75) is 64.3 Å². The summed E-state index contributed by atoms with van der Waals surface area (Å²) in [6.07, 6.45) is 1.46. The molecule has 1 heterocycles. The molecule has 0 bridgehead atoms. The summed E-state index contributed by atoms with van der Waals surface area (Å²) in [4.78, 5) is 38.1. The molecule has 3 amide bonds. The maximum atomic E-state index is 13.0. The van der Waals surface area contributed by atoms with Gasteiger partial charge < -0.3 is 16.0 Å². The maximum absolute atomic E-state index is 13.0. The SMILES string of the molecule is C=C(CCN1C(=O)CC(S)C1=O)NC(C(=O)N[C@@H](C)C(=C)Nc1ccc(CC)cc1)C(C)C.